The Labute approximate surface area is 207 Å². The predicted molar refractivity (Wildman–Crippen MR) is 123 cm³/mol. The van der Waals surface area contributed by atoms with Crippen LogP contribution in [0.5, 0.6) is 0 Å². The van der Waals surface area contributed by atoms with Crippen molar-refractivity contribution < 1.29 is 19.4 Å². The van der Waals surface area contributed by atoms with Gasteiger partial charge in [-0.2, -0.15) is 0 Å². The van der Waals surface area contributed by atoms with Crippen molar-refractivity contribution in [2.24, 2.45) is 0 Å². The molecule has 12 N–H and O–H groups in total. The second kappa shape index (κ2) is 9.31. The summed E-state index contributed by atoms with van der Waals surface area (Å²) in [5.41, 5.74) is 0. The predicted octanol–water partition coefficient (Wildman–Crippen LogP) is 13.5. The normalized spacial score (nSPS) is 20.2. The van der Waals surface area contributed by atoms with E-state index < -0.39 is 19.4 Å². The number of halogens is 18. The topological polar surface area (TPSA) is 110 Å². The van der Waals surface area contributed by atoms with Crippen LogP contribution in [0.4, 0.5) is 0 Å². The molecular weight excluding hydrogens is 983 g/mol. The smallest absolute Gasteiger partial charge is 0.369 e. The molecule has 0 radical (unpaired) electrons. The standard InChI is InChI=1S/18ClH.3H3N.3Ru/h18*1H;3*1H3;;;/q;;;;;;;;;;;;;;;;;;;;;3*+4/p-15. The van der Waals surface area contributed by atoms with Crippen molar-refractivity contribution in [1.29, 1.82) is 0 Å². The molecule has 0 unspecified atom stereocenters. The maximum atomic E-state index is 5.04. The van der Waals surface area contributed by atoms with Gasteiger partial charge in [0.15, 0.2) is 0 Å². The molecule has 3 nitrogen and oxygen atoms in total. The van der Waals surface area contributed by atoms with E-state index in [4.69, 9.17) is 174 Å². The van der Waals surface area contributed by atoms with Crippen molar-refractivity contribution in [2.45, 2.75) is 0 Å². The molecular formula is H12Cl18N3Ru3-3. The summed E-state index contributed by atoms with van der Waals surface area (Å²) in [6.45, 7) is -15.6. The Morgan fingerprint density at radius 1 is 0.208 bits per heavy atom. The van der Waals surface area contributed by atoms with Crippen LogP contribution in [0, 0.1) is 0 Å². The molecule has 24 heavy (non-hydrogen) atoms. The van der Waals surface area contributed by atoms with Crippen LogP contribution in [0.15, 0.2) is 0 Å². The summed E-state index contributed by atoms with van der Waals surface area (Å²) in [5, 5.41) is 0. The molecule has 0 saturated carbocycles. The van der Waals surface area contributed by atoms with E-state index in [1.54, 1.807) is 0 Å². The minimum Gasteiger partial charge on any atom is -0.369 e. The van der Waals surface area contributed by atoms with Crippen molar-refractivity contribution in [1.82, 2.24) is 18.5 Å². The Balaban J connectivity index is -0.0000000476. The van der Waals surface area contributed by atoms with Crippen LogP contribution in [-0.4, -0.2) is 0 Å². The van der Waals surface area contributed by atoms with Gasteiger partial charge in [0, 0.05) is 0 Å². The van der Waals surface area contributed by atoms with Gasteiger partial charge in [0.05, 0.1) is 0 Å². The minimum absolute atomic E-state index is 0. The molecule has 0 atom stereocenters. The van der Waals surface area contributed by atoms with Gasteiger partial charge in [0.2, 0.25) is 0 Å². The van der Waals surface area contributed by atoms with E-state index in [1.165, 1.54) is 0 Å². The first-order valence-corrected chi connectivity index (χ1v) is 42.7. The summed E-state index contributed by atoms with van der Waals surface area (Å²) in [7, 11) is 90.8. The molecule has 0 fully saturated rings. The van der Waals surface area contributed by atoms with Crippen LogP contribution < -0.4 is 18.5 Å². The summed E-state index contributed by atoms with van der Waals surface area (Å²) in [6.07, 6.45) is 0. The zero-order chi connectivity index (χ0) is 19.2. The van der Waals surface area contributed by atoms with Gasteiger partial charge in [-0.1, -0.05) is 0 Å². The van der Waals surface area contributed by atoms with Crippen LogP contribution in [-0.2, 0) is 19.4 Å². The number of hydrogen-bond acceptors (Lipinski definition) is 0. The molecule has 0 rings (SSSR count). The number of hydrogen-bond donors (Lipinski definition) is 3. The third-order valence-electron chi connectivity index (χ3n) is 0. The van der Waals surface area contributed by atoms with E-state index in [-0.39, 0.29) is 18.5 Å². The van der Waals surface area contributed by atoms with E-state index in [9.17, 15) is 0 Å². The summed E-state index contributed by atoms with van der Waals surface area (Å²) >= 11 is 0. The molecule has 0 amide bonds. The van der Waals surface area contributed by atoms with Gasteiger partial charge >= 0.3 is 194 Å². The fourth-order valence-electron chi connectivity index (χ4n) is 0. The van der Waals surface area contributed by atoms with Crippen molar-refractivity contribution >= 4 is 174 Å². The molecule has 180 valence electrons. The van der Waals surface area contributed by atoms with Gasteiger partial charge in [-0.05, 0) is 0 Å². The summed E-state index contributed by atoms with van der Waals surface area (Å²) in [5.74, 6) is 0. The molecule has 0 spiro atoms. The molecule has 0 heterocycles. The van der Waals surface area contributed by atoms with Crippen molar-refractivity contribution in [3.63, 3.8) is 0 Å². The summed E-state index contributed by atoms with van der Waals surface area (Å²) in [4.78, 5) is 0. The van der Waals surface area contributed by atoms with Crippen LogP contribution in [0.3, 0.4) is 0 Å². The van der Waals surface area contributed by atoms with Crippen LogP contribution >= 0.6 is 174 Å². The van der Waals surface area contributed by atoms with E-state index in [0.717, 1.165) is 0 Å². The first-order valence-electron chi connectivity index (χ1n) is 2.41. The van der Waals surface area contributed by atoms with E-state index >= 15 is 0 Å². The van der Waals surface area contributed by atoms with Crippen molar-refractivity contribution in [3.8, 4) is 0 Å². The van der Waals surface area contributed by atoms with Gasteiger partial charge in [-0.15, -0.1) is 0 Å². The Morgan fingerprint density at radius 2 is 0.208 bits per heavy atom. The average Bonchev–Trinajstić information content (AvgIpc) is 1.19. The monoisotopic (exact) mass is 989 g/mol. The van der Waals surface area contributed by atoms with Crippen LogP contribution in [0.25, 0.3) is 0 Å². The summed E-state index contributed by atoms with van der Waals surface area (Å²) < 4.78 is 0. The van der Waals surface area contributed by atoms with Crippen molar-refractivity contribution in [3.05, 3.63) is 0 Å². The van der Waals surface area contributed by atoms with Gasteiger partial charge < -0.3 is 18.5 Å². The largest absolute Gasteiger partial charge is 0.369 e. The molecule has 0 aromatic carbocycles. The zero-order valence-corrected chi connectivity index (χ0v) is 29.7. The van der Waals surface area contributed by atoms with Gasteiger partial charge in [-0.3, -0.25) is 0 Å². The third-order valence-corrected chi connectivity index (χ3v) is 0. The van der Waals surface area contributed by atoms with Gasteiger partial charge in [0.25, 0.3) is 0 Å². The fourth-order valence-corrected chi connectivity index (χ4v) is 0. The first kappa shape index (κ1) is 44.6. The van der Waals surface area contributed by atoms with Gasteiger partial charge in [0.1, 0.15) is 0 Å². The first-order chi connectivity index (χ1) is 7.35. The number of rotatable bonds is 0. The average molecular weight is 995 g/mol. The SMILES string of the molecule is [Cl][Ru-2]([Cl])([Cl])([Cl])([Cl])[Cl].[Cl][Ru-2]([Cl])([Cl])([Cl])([Cl])[Cl].[Cl][Ru-2]([Cl])([Cl])([Cl])([Cl])[Cl].[NH4+].[NH4+].[NH4+]. The fraction of sp³-hybridized carbons (Fsp3) is 0. The quantitative estimate of drug-likeness (QED) is 0.201. The molecule has 0 aromatic heterocycles. The molecule has 0 bridgehead atoms. The Morgan fingerprint density at radius 3 is 0.208 bits per heavy atom. The Kier molecular flexibility index (Phi) is 17.3. The molecule has 0 aliphatic carbocycles. The minimum atomic E-state index is -5.22. The van der Waals surface area contributed by atoms with E-state index in [1.807, 2.05) is 0 Å². The zero-order valence-electron chi connectivity index (χ0n) is 10.9. The Hall–Kier alpha value is 6.97. The molecule has 0 aromatic rings. The maximum absolute atomic E-state index is 5.22. The second-order valence-corrected chi connectivity index (χ2v) is 121. The second-order valence-electron chi connectivity index (χ2n) is 2.27. The molecule has 0 saturated heterocycles. The van der Waals surface area contributed by atoms with E-state index in [2.05, 4.69) is 0 Å². The third kappa shape index (κ3) is 467. The van der Waals surface area contributed by atoms with E-state index in [0.29, 0.717) is 0 Å². The molecule has 0 aliphatic heterocycles. The van der Waals surface area contributed by atoms with Gasteiger partial charge in [-0.25, -0.2) is 0 Å². The van der Waals surface area contributed by atoms with Crippen molar-refractivity contribution in [2.75, 3.05) is 0 Å². The van der Waals surface area contributed by atoms with Crippen LogP contribution in [0.1, 0.15) is 0 Å². The summed E-state index contributed by atoms with van der Waals surface area (Å²) in [6, 6.07) is 0. The number of quaternary nitrogens is 3. The molecule has 24 heteroatoms. The van der Waals surface area contributed by atoms with Crippen LogP contribution in [0.2, 0.25) is 0 Å². The Bertz CT molecular complexity index is 273. The maximum Gasteiger partial charge on any atom is -0.369 e. The molecule has 0 aliphatic rings.